The number of hydrogen-bond donors (Lipinski definition) is 0. The quantitative estimate of drug-likeness (QED) is 0.634. The van der Waals surface area contributed by atoms with Crippen LogP contribution in [0.2, 0.25) is 0 Å². The van der Waals surface area contributed by atoms with Gasteiger partial charge in [0.2, 0.25) is 5.91 Å². The Labute approximate surface area is 171 Å². The Morgan fingerprint density at radius 2 is 1.79 bits per heavy atom. The first kappa shape index (κ1) is 18.2. The van der Waals surface area contributed by atoms with Crippen molar-refractivity contribution < 1.29 is 9.53 Å². The fourth-order valence-electron chi connectivity index (χ4n) is 4.15. The summed E-state index contributed by atoms with van der Waals surface area (Å²) in [6.45, 7) is 3.73. The molecule has 2 aromatic carbocycles. The zero-order valence-electron chi connectivity index (χ0n) is 16.8. The monoisotopic (exact) mass is 386 g/mol. The van der Waals surface area contributed by atoms with E-state index in [-0.39, 0.29) is 6.10 Å². The molecule has 5 rings (SSSR count). The van der Waals surface area contributed by atoms with Gasteiger partial charge in [-0.15, -0.1) is 0 Å². The smallest absolute Gasteiger partial charge is 0.225 e. The molecule has 1 aliphatic heterocycles. The molecule has 148 valence electrons. The van der Waals surface area contributed by atoms with Gasteiger partial charge in [-0.25, -0.2) is 0 Å². The van der Waals surface area contributed by atoms with Crippen LogP contribution in [0.4, 0.5) is 0 Å². The van der Waals surface area contributed by atoms with E-state index < -0.39 is 0 Å². The van der Waals surface area contributed by atoms with E-state index in [0.717, 1.165) is 72.1 Å². The number of piperidine rings is 1. The van der Waals surface area contributed by atoms with Crippen LogP contribution in [0.5, 0.6) is 5.75 Å². The van der Waals surface area contributed by atoms with Crippen LogP contribution in [0.25, 0.3) is 22.0 Å². The minimum atomic E-state index is 0.185. The highest BCUT2D eigenvalue weighted by molar-refractivity contribution is 5.83. The van der Waals surface area contributed by atoms with Crippen molar-refractivity contribution in [1.29, 1.82) is 0 Å². The van der Waals surface area contributed by atoms with Crippen molar-refractivity contribution in [3.8, 4) is 16.9 Å². The number of pyridine rings is 1. The summed E-state index contributed by atoms with van der Waals surface area (Å²) in [4.78, 5) is 18.8. The van der Waals surface area contributed by atoms with Gasteiger partial charge in [-0.1, -0.05) is 24.3 Å². The van der Waals surface area contributed by atoms with Crippen molar-refractivity contribution in [2.75, 3.05) is 13.1 Å². The molecule has 4 nitrogen and oxygen atoms in total. The van der Waals surface area contributed by atoms with Crippen molar-refractivity contribution in [3.05, 3.63) is 60.3 Å². The van der Waals surface area contributed by atoms with Crippen LogP contribution in [-0.4, -0.2) is 35.0 Å². The van der Waals surface area contributed by atoms with E-state index in [9.17, 15) is 4.79 Å². The van der Waals surface area contributed by atoms with E-state index in [1.54, 1.807) is 0 Å². The van der Waals surface area contributed by atoms with Crippen LogP contribution in [0.1, 0.15) is 31.2 Å². The Morgan fingerprint density at radius 1 is 1.00 bits per heavy atom. The maximum Gasteiger partial charge on any atom is 0.225 e. The van der Waals surface area contributed by atoms with Crippen molar-refractivity contribution >= 4 is 16.8 Å². The summed E-state index contributed by atoms with van der Waals surface area (Å²) in [6, 6.07) is 16.7. The van der Waals surface area contributed by atoms with Crippen molar-refractivity contribution in [3.63, 3.8) is 0 Å². The molecule has 1 aromatic heterocycles. The Kier molecular flexibility index (Phi) is 4.70. The predicted molar refractivity (Wildman–Crippen MR) is 115 cm³/mol. The van der Waals surface area contributed by atoms with Gasteiger partial charge in [0.15, 0.2) is 0 Å². The number of aryl methyl sites for hydroxylation is 1. The highest BCUT2D eigenvalue weighted by atomic mass is 16.5. The average molecular weight is 386 g/mol. The normalized spacial score (nSPS) is 17.5. The maximum absolute atomic E-state index is 12.2. The molecule has 0 unspecified atom stereocenters. The van der Waals surface area contributed by atoms with Gasteiger partial charge >= 0.3 is 0 Å². The number of aromatic nitrogens is 1. The van der Waals surface area contributed by atoms with Crippen molar-refractivity contribution in [1.82, 2.24) is 9.88 Å². The molecule has 1 saturated heterocycles. The molecule has 0 spiro atoms. The Balaban J connectivity index is 1.26. The lowest BCUT2D eigenvalue weighted by Crippen LogP contribution is -2.42. The van der Waals surface area contributed by atoms with E-state index in [1.165, 1.54) is 0 Å². The highest BCUT2D eigenvalue weighted by Gasteiger charge is 2.35. The molecule has 2 aliphatic rings. The molecule has 1 aliphatic carbocycles. The predicted octanol–water partition coefficient (Wildman–Crippen LogP) is 4.99. The van der Waals surface area contributed by atoms with Gasteiger partial charge in [0.25, 0.3) is 0 Å². The van der Waals surface area contributed by atoms with Crippen LogP contribution >= 0.6 is 0 Å². The van der Waals surface area contributed by atoms with Gasteiger partial charge in [0.1, 0.15) is 11.9 Å². The third kappa shape index (κ3) is 3.84. The first-order valence-corrected chi connectivity index (χ1v) is 10.6. The third-order valence-electron chi connectivity index (χ3n) is 6.07. The number of para-hydroxylation sites is 1. The molecule has 1 saturated carbocycles. The summed E-state index contributed by atoms with van der Waals surface area (Å²) in [5.74, 6) is 1.61. The average Bonchev–Trinajstić information content (AvgIpc) is 3.60. The van der Waals surface area contributed by atoms with Crippen molar-refractivity contribution in [2.24, 2.45) is 5.92 Å². The van der Waals surface area contributed by atoms with Gasteiger partial charge in [-0.3, -0.25) is 9.78 Å². The summed E-state index contributed by atoms with van der Waals surface area (Å²) in [6.07, 6.45) is 6.10. The number of likely N-dealkylation sites (tertiary alicyclic amines) is 1. The number of amides is 1. The number of fused-ring (bicyclic) bond motifs is 1. The number of carbonyl (C=O) groups is 1. The molecular formula is C25H26N2O2. The third-order valence-corrected chi connectivity index (χ3v) is 6.07. The SMILES string of the molecule is Cc1cc(-c2cnc3ccccc3c2)ccc1OC1CCN(C(=O)C2CC2)CC1. The first-order valence-electron chi connectivity index (χ1n) is 10.6. The first-order chi connectivity index (χ1) is 14.2. The van der Waals surface area contributed by atoms with Crippen molar-refractivity contribution in [2.45, 2.75) is 38.7 Å². The number of ether oxygens (including phenoxy) is 1. The van der Waals surface area contributed by atoms with Crippen LogP contribution in [-0.2, 0) is 4.79 Å². The highest BCUT2D eigenvalue weighted by Crippen LogP contribution is 2.33. The molecule has 0 bridgehead atoms. The minimum Gasteiger partial charge on any atom is -0.490 e. The minimum absolute atomic E-state index is 0.185. The largest absolute Gasteiger partial charge is 0.490 e. The van der Waals surface area contributed by atoms with Gasteiger partial charge in [-0.05, 0) is 55.2 Å². The van der Waals surface area contributed by atoms with Crippen LogP contribution in [0, 0.1) is 12.8 Å². The summed E-state index contributed by atoms with van der Waals surface area (Å²) >= 11 is 0. The molecule has 3 aromatic rings. The van der Waals surface area contributed by atoms with E-state index in [0.29, 0.717) is 11.8 Å². The lowest BCUT2D eigenvalue weighted by Gasteiger charge is -2.32. The Hall–Kier alpha value is -2.88. The van der Waals surface area contributed by atoms with E-state index in [4.69, 9.17) is 4.74 Å². The van der Waals surface area contributed by atoms with Gasteiger partial charge in [-0.2, -0.15) is 0 Å². The van der Waals surface area contributed by atoms with Gasteiger partial charge in [0.05, 0.1) is 5.52 Å². The Bertz CT molecular complexity index is 1050. The number of benzene rings is 2. The summed E-state index contributed by atoms with van der Waals surface area (Å²) in [7, 11) is 0. The summed E-state index contributed by atoms with van der Waals surface area (Å²) in [5, 5.41) is 1.15. The molecule has 2 heterocycles. The molecule has 4 heteroatoms. The molecular weight excluding hydrogens is 360 g/mol. The second kappa shape index (κ2) is 7.51. The zero-order valence-corrected chi connectivity index (χ0v) is 16.8. The fourth-order valence-corrected chi connectivity index (χ4v) is 4.15. The Morgan fingerprint density at radius 3 is 2.55 bits per heavy atom. The topological polar surface area (TPSA) is 42.4 Å². The number of carbonyl (C=O) groups excluding carboxylic acids is 1. The van der Waals surface area contributed by atoms with E-state index in [1.807, 2.05) is 29.3 Å². The standard InChI is InChI=1S/C25H26N2O2/c1-17-14-19(21-15-20-4-2-3-5-23(20)26-16-21)8-9-24(17)29-22-10-12-27(13-11-22)25(28)18-6-7-18/h2-5,8-9,14-16,18,22H,6-7,10-13H2,1H3. The fraction of sp³-hybridized carbons (Fsp3) is 0.360. The molecule has 2 fully saturated rings. The zero-order chi connectivity index (χ0) is 19.8. The molecule has 0 radical (unpaired) electrons. The summed E-state index contributed by atoms with van der Waals surface area (Å²) < 4.78 is 6.30. The van der Waals surface area contributed by atoms with E-state index >= 15 is 0 Å². The van der Waals surface area contributed by atoms with Crippen LogP contribution in [0.15, 0.2) is 54.7 Å². The molecule has 0 atom stereocenters. The second-order valence-electron chi connectivity index (χ2n) is 8.31. The van der Waals surface area contributed by atoms with Crippen LogP contribution < -0.4 is 4.74 Å². The number of hydrogen-bond acceptors (Lipinski definition) is 3. The lowest BCUT2D eigenvalue weighted by atomic mass is 10.0. The maximum atomic E-state index is 12.2. The van der Waals surface area contributed by atoms with Crippen LogP contribution in [0.3, 0.4) is 0 Å². The number of nitrogens with zero attached hydrogens (tertiary/aromatic N) is 2. The van der Waals surface area contributed by atoms with E-state index in [2.05, 4.69) is 42.2 Å². The number of rotatable bonds is 4. The van der Waals surface area contributed by atoms with Gasteiger partial charge < -0.3 is 9.64 Å². The lowest BCUT2D eigenvalue weighted by molar-refractivity contribution is -0.134. The summed E-state index contributed by atoms with van der Waals surface area (Å²) in [5.41, 5.74) is 4.41. The second-order valence-corrected chi connectivity index (χ2v) is 8.31. The van der Waals surface area contributed by atoms with Gasteiger partial charge in [0, 0.05) is 49.0 Å². The molecule has 1 amide bonds. The molecule has 0 N–H and O–H groups in total. The molecule has 29 heavy (non-hydrogen) atoms.